The highest BCUT2D eigenvalue weighted by Crippen LogP contribution is 2.12. The largest absolute Gasteiger partial charge is 0.480 e. The van der Waals surface area contributed by atoms with E-state index in [1.54, 1.807) is 24.3 Å². The molecule has 98 valence electrons. The Hall–Kier alpha value is -1.40. The summed E-state index contributed by atoms with van der Waals surface area (Å²) in [5, 5.41) is 8.78. The van der Waals surface area contributed by atoms with Crippen LogP contribution in [0.5, 0.6) is 0 Å². The second kappa shape index (κ2) is 7.13. The number of benzene rings is 1. The van der Waals surface area contributed by atoms with Crippen molar-refractivity contribution >= 4 is 27.8 Å². The zero-order chi connectivity index (χ0) is 13.5. The van der Waals surface area contributed by atoms with E-state index in [-0.39, 0.29) is 19.0 Å². The molecule has 0 aromatic heterocycles. The molecule has 0 atom stereocenters. The maximum Gasteiger partial charge on any atom is 0.323 e. The molecule has 0 heterocycles. The third kappa shape index (κ3) is 4.46. The number of carboxylic acid groups (broad SMARTS) is 1. The average Bonchev–Trinajstić information content (AvgIpc) is 2.34. The van der Waals surface area contributed by atoms with Crippen LogP contribution < -0.4 is 0 Å². The van der Waals surface area contributed by atoms with Gasteiger partial charge in [-0.2, -0.15) is 0 Å². The van der Waals surface area contributed by atoms with Gasteiger partial charge in [-0.3, -0.25) is 9.59 Å². The number of methoxy groups -OCH3 is 1. The molecule has 0 saturated carbocycles. The summed E-state index contributed by atoms with van der Waals surface area (Å²) in [6.07, 6.45) is 0. The molecule has 0 aliphatic heterocycles. The van der Waals surface area contributed by atoms with Crippen molar-refractivity contribution in [3.63, 3.8) is 0 Å². The first-order chi connectivity index (χ1) is 8.54. The normalized spacial score (nSPS) is 10.1. The van der Waals surface area contributed by atoms with E-state index < -0.39 is 5.97 Å². The minimum Gasteiger partial charge on any atom is -0.480 e. The van der Waals surface area contributed by atoms with E-state index >= 15 is 0 Å². The van der Waals surface area contributed by atoms with E-state index in [1.807, 2.05) is 0 Å². The molecule has 0 aliphatic rings. The van der Waals surface area contributed by atoms with Crippen LogP contribution in [0.3, 0.4) is 0 Å². The Morgan fingerprint density at radius 2 is 1.94 bits per heavy atom. The second-order valence-corrected chi connectivity index (χ2v) is 4.54. The molecule has 1 N–H and O–H groups in total. The van der Waals surface area contributed by atoms with Crippen LogP contribution in [-0.4, -0.2) is 48.7 Å². The fourth-order valence-corrected chi connectivity index (χ4v) is 1.66. The first-order valence-corrected chi connectivity index (χ1v) is 6.09. The van der Waals surface area contributed by atoms with E-state index in [2.05, 4.69) is 15.9 Å². The van der Waals surface area contributed by atoms with Crippen molar-refractivity contribution in [3.05, 3.63) is 34.3 Å². The Labute approximate surface area is 113 Å². The summed E-state index contributed by atoms with van der Waals surface area (Å²) in [4.78, 5) is 24.1. The zero-order valence-corrected chi connectivity index (χ0v) is 11.5. The first kappa shape index (κ1) is 14.7. The lowest BCUT2D eigenvalue weighted by Gasteiger charge is -2.20. The van der Waals surface area contributed by atoms with E-state index in [4.69, 9.17) is 9.84 Å². The third-order valence-electron chi connectivity index (χ3n) is 2.27. The summed E-state index contributed by atoms with van der Waals surface area (Å²) in [6, 6.07) is 6.77. The zero-order valence-electron chi connectivity index (χ0n) is 9.93. The lowest BCUT2D eigenvalue weighted by atomic mass is 10.2. The van der Waals surface area contributed by atoms with Gasteiger partial charge in [0, 0.05) is 23.7 Å². The van der Waals surface area contributed by atoms with Gasteiger partial charge in [-0.1, -0.05) is 15.9 Å². The number of ether oxygens (including phenoxy) is 1. The molecule has 1 rings (SSSR count). The Bertz CT molecular complexity index is 419. The summed E-state index contributed by atoms with van der Waals surface area (Å²) < 4.78 is 5.73. The van der Waals surface area contributed by atoms with Crippen molar-refractivity contribution < 1.29 is 19.4 Å². The van der Waals surface area contributed by atoms with Gasteiger partial charge in [0.15, 0.2) is 0 Å². The monoisotopic (exact) mass is 315 g/mol. The molecule has 0 spiro atoms. The molecule has 1 aromatic rings. The number of hydrogen-bond acceptors (Lipinski definition) is 3. The number of amides is 1. The fraction of sp³-hybridized carbons (Fsp3) is 0.333. The fourth-order valence-electron chi connectivity index (χ4n) is 1.39. The second-order valence-electron chi connectivity index (χ2n) is 3.62. The lowest BCUT2D eigenvalue weighted by molar-refractivity contribution is -0.137. The lowest BCUT2D eigenvalue weighted by Crippen LogP contribution is -2.37. The van der Waals surface area contributed by atoms with Crippen LogP contribution in [-0.2, 0) is 9.53 Å². The molecular weight excluding hydrogens is 302 g/mol. The van der Waals surface area contributed by atoms with Crippen LogP contribution in [0.4, 0.5) is 0 Å². The van der Waals surface area contributed by atoms with Gasteiger partial charge in [-0.15, -0.1) is 0 Å². The standard InChI is InChI=1S/C12H14BrNO4/c1-18-7-6-14(8-11(15)16)12(17)9-2-4-10(13)5-3-9/h2-5H,6-8H2,1H3,(H,15,16). The van der Waals surface area contributed by atoms with Crippen molar-refractivity contribution in [2.75, 3.05) is 26.8 Å². The van der Waals surface area contributed by atoms with Gasteiger partial charge >= 0.3 is 5.97 Å². The molecule has 0 aliphatic carbocycles. The highest BCUT2D eigenvalue weighted by Gasteiger charge is 2.17. The van der Waals surface area contributed by atoms with E-state index in [0.717, 1.165) is 4.47 Å². The number of rotatable bonds is 6. The maximum atomic E-state index is 12.1. The SMILES string of the molecule is COCCN(CC(=O)O)C(=O)c1ccc(Br)cc1. The van der Waals surface area contributed by atoms with Crippen LogP contribution in [0.1, 0.15) is 10.4 Å². The number of nitrogens with zero attached hydrogens (tertiary/aromatic N) is 1. The van der Waals surface area contributed by atoms with Crippen molar-refractivity contribution in [2.45, 2.75) is 0 Å². The highest BCUT2D eigenvalue weighted by atomic mass is 79.9. The molecule has 0 saturated heterocycles. The van der Waals surface area contributed by atoms with Crippen molar-refractivity contribution in [1.82, 2.24) is 4.90 Å². The van der Waals surface area contributed by atoms with Crippen molar-refractivity contribution in [2.24, 2.45) is 0 Å². The molecule has 5 nitrogen and oxygen atoms in total. The Morgan fingerprint density at radius 1 is 1.33 bits per heavy atom. The molecule has 0 unspecified atom stereocenters. The third-order valence-corrected chi connectivity index (χ3v) is 2.80. The first-order valence-electron chi connectivity index (χ1n) is 5.30. The maximum absolute atomic E-state index is 12.1. The average molecular weight is 316 g/mol. The molecule has 0 radical (unpaired) electrons. The molecule has 1 amide bonds. The van der Waals surface area contributed by atoms with Gasteiger partial charge in [0.1, 0.15) is 6.54 Å². The van der Waals surface area contributed by atoms with Crippen LogP contribution in [0, 0.1) is 0 Å². The summed E-state index contributed by atoms with van der Waals surface area (Å²) in [6.45, 7) is 0.214. The number of carbonyl (C=O) groups excluding carboxylic acids is 1. The minimum atomic E-state index is -1.04. The van der Waals surface area contributed by atoms with Crippen molar-refractivity contribution in [1.29, 1.82) is 0 Å². The Morgan fingerprint density at radius 3 is 2.44 bits per heavy atom. The Balaban J connectivity index is 2.80. The predicted molar refractivity (Wildman–Crippen MR) is 69.6 cm³/mol. The van der Waals surface area contributed by atoms with Crippen molar-refractivity contribution in [3.8, 4) is 0 Å². The highest BCUT2D eigenvalue weighted by molar-refractivity contribution is 9.10. The summed E-state index contributed by atoms with van der Waals surface area (Å²) in [5.74, 6) is -1.36. The quantitative estimate of drug-likeness (QED) is 0.866. The van der Waals surface area contributed by atoms with Crippen LogP contribution in [0.25, 0.3) is 0 Å². The van der Waals surface area contributed by atoms with Gasteiger partial charge in [-0.05, 0) is 24.3 Å². The van der Waals surface area contributed by atoms with E-state index in [0.29, 0.717) is 12.2 Å². The topological polar surface area (TPSA) is 66.8 Å². The van der Waals surface area contributed by atoms with Crippen LogP contribution in [0.15, 0.2) is 28.7 Å². The van der Waals surface area contributed by atoms with Gasteiger partial charge in [0.2, 0.25) is 0 Å². The number of hydrogen-bond donors (Lipinski definition) is 1. The molecule has 1 aromatic carbocycles. The van der Waals surface area contributed by atoms with Gasteiger partial charge < -0.3 is 14.7 Å². The minimum absolute atomic E-state index is 0.248. The Kier molecular flexibility index (Phi) is 5.80. The number of carboxylic acids is 1. The summed E-state index contributed by atoms with van der Waals surface area (Å²) in [7, 11) is 1.50. The van der Waals surface area contributed by atoms with Gasteiger partial charge in [0.25, 0.3) is 5.91 Å². The van der Waals surface area contributed by atoms with Crippen LogP contribution in [0.2, 0.25) is 0 Å². The summed E-state index contributed by atoms with van der Waals surface area (Å²) >= 11 is 3.27. The molecule has 0 bridgehead atoms. The van der Waals surface area contributed by atoms with E-state index in [9.17, 15) is 9.59 Å². The number of carbonyl (C=O) groups is 2. The number of aliphatic carboxylic acids is 1. The predicted octanol–water partition coefficient (Wildman–Crippen LogP) is 1.62. The molecule has 0 fully saturated rings. The molecular formula is C12H14BrNO4. The van der Waals surface area contributed by atoms with Gasteiger partial charge in [-0.25, -0.2) is 0 Å². The summed E-state index contributed by atoms with van der Waals surface area (Å²) in [5.41, 5.74) is 0.454. The molecule has 18 heavy (non-hydrogen) atoms. The smallest absolute Gasteiger partial charge is 0.323 e. The number of halogens is 1. The molecule has 6 heteroatoms. The van der Waals surface area contributed by atoms with E-state index in [1.165, 1.54) is 12.0 Å². The van der Waals surface area contributed by atoms with Crippen LogP contribution >= 0.6 is 15.9 Å². The van der Waals surface area contributed by atoms with Gasteiger partial charge in [0.05, 0.1) is 6.61 Å².